The van der Waals surface area contributed by atoms with Crippen molar-refractivity contribution in [2.24, 2.45) is 11.3 Å². The molecule has 21 heavy (non-hydrogen) atoms. The van der Waals surface area contributed by atoms with Crippen LogP contribution in [-0.4, -0.2) is 12.6 Å². The van der Waals surface area contributed by atoms with Gasteiger partial charge >= 0.3 is 0 Å². The molecule has 2 rings (SSSR count). The van der Waals surface area contributed by atoms with Crippen molar-refractivity contribution < 1.29 is 0 Å². The SMILES string of the molecule is CCCNC(Cc1ccc(Cl)cc1)C1CCCCC1(C)C. The van der Waals surface area contributed by atoms with Crippen molar-refractivity contribution in [2.75, 3.05) is 6.54 Å². The molecule has 118 valence electrons. The lowest BCUT2D eigenvalue weighted by Gasteiger charge is -2.44. The minimum absolute atomic E-state index is 0.454. The Morgan fingerprint density at radius 3 is 2.57 bits per heavy atom. The van der Waals surface area contributed by atoms with Crippen LogP contribution in [0.5, 0.6) is 0 Å². The molecule has 1 N–H and O–H groups in total. The summed E-state index contributed by atoms with van der Waals surface area (Å²) >= 11 is 6.01. The lowest BCUT2D eigenvalue weighted by atomic mass is 9.65. The quantitative estimate of drug-likeness (QED) is 0.735. The van der Waals surface area contributed by atoms with Gasteiger partial charge in [-0.15, -0.1) is 0 Å². The number of rotatable bonds is 6. The molecule has 0 aliphatic heterocycles. The van der Waals surface area contributed by atoms with Crippen molar-refractivity contribution in [2.45, 2.75) is 65.3 Å². The van der Waals surface area contributed by atoms with E-state index in [0.717, 1.165) is 23.9 Å². The van der Waals surface area contributed by atoms with E-state index in [2.05, 4.69) is 38.2 Å². The first-order valence-electron chi connectivity index (χ1n) is 8.51. The fourth-order valence-electron chi connectivity index (χ4n) is 3.83. The first kappa shape index (κ1) is 16.8. The summed E-state index contributed by atoms with van der Waals surface area (Å²) in [5, 5.41) is 4.65. The van der Waals surface area contributed by atoms with E-state index in [9.17, 15) is 0 Å². The molecule has 1 saturated carbocycles. The highest BCUT2D eigenvalue weighted by Crippen LogP contribution is 2.43. The molecule has 0 heterocycles. The van der Waals surface area contributed by atoms with Crippen molar-refractivity contribution in [3.05, 3.63) is 34.9 Å². The van der Waals surface area contributed by atoms with E-state index in [0.29, 0.717) is 11.5 Å². The Kier molecular flexibility index (Phi) is 6.13. The molecular formula is C19H30ClN. The van der Waals surface area contributed by atoms with Crippen LogP contribution in [0.3, 0.4) is 0 Å². The summed E-state index contributed by atoms with van der Waals surface area (Å²) in [5.74, 6) is 0.772. The maximum absolute atomic E-state index is 6.01. The van der Waals surface area contributed by atoms with Crippen molar-refractivity contribution in [3.63, 3.8) is 0 Å². The Bertz CT molecular complexity index is 424. The summed E-state index contributed by atoms with van der Waals surface area (Å²) in [7, 11) is 0. The normalized spacial score (nSPS) is 23.0. The van der Waals surface area contributed by atoms with Crippen LogP contribution in [0.2, 0.25) is 5.02 Å². The second-order valence-electron chi connectivity index (χ2n) is 7.23. The van der Waals surface area contributed by atoms with Gasteiger partial charge in [0, 0.05) is 11.1 Å². The summed E-state index contributed by atoms with van der Waals surface area (Å²) in [4.78, 5) is 0. The van der Waals surface area contributed by atoms with Crippen molar-refractivity contribution in [1.82, 2.24) is 5.32 Å². The fourth-order valence-corrected chi connectivity index (χ4v) is 3.95. The van der Waals surface area contributed by atoms with Gasteiger partial charge in [0.1, 0.15) is 0 Å². The van der Waals surface area contributed by atoms with E-state index in [-0.39, 0.29) is 0 Å². The van der Waals surface area contributed by atoms with E-state index in [1.54, 1.807) is 0 Å². The van der Waals surface area contributed by atoms with E-state index < -0.39 is 0 Å². The molecule has 1 aliphatic carbocycles. The first-order valence-corrected chi connectivity index (χ1v) is 8.88. The van der Waals surface area contributed by atoms with Gasteiger partial charge < -0.3 is 5.32 Å². The molecule has 0 bridgehead atoms. The van der Waals surface area contributed by atoms with Crippen molar-refractivity contribution in [1.29, 1.82) is 0 Å². The summed E-state index contributed by atoms with van der Waals surface area (Å²) in [6.45, 7) is 8.28. The van der Waals surface area contributed by atoms with Crippen LogP contribution >= 0.6 is 11.6 Å². The lowest BCUT2D eigenvalue weighted by molar-refractivity contribution is 0.0981. The molecule has 1 aromatic rings. The Labute approximate surface area is 135 Å². The molecule has 0 saturated heterocycles. The summed E-state index contributed by atoms with van der Waals surface area (Å²) in [6.07, 6.45) is 7.82. The standard InChI is InChI=1S/C19H30ClN/c1-4-13-21-18(14-15-8-10-16(20)11-9-15)17-7-5-6-12-19(17,2)3/h8-11,17-18,21H,4-7,12-14H2,1-3H3. The predicted molar refractivity (Wildman–Crippen MR) is 93.0 cm³/mol. The van der Waals surface area contributed by atoms with Gasteiger partial charge in [0.2, 0.25) is 0 Å². The first-order chi connectivity index (χ1) is 10.0. The maximum atomic E-state index is 6.01. The molecule has 0 amide bonds. The smallest absolute Gasteiger partial charge is 0.0406 e. The van der Waals surface area contributed by atoms with Crippen LogP contribution < -0.4 is 5.32 Å². The van der Waals surface area contributed by atoms with Crippen LogP contribution in [-0.2, 0) is 6.42 Å². The van der Waals surface area contributed by atoms with Gasteiger partial charge in [-0.25, -0.2) is 0 Å². The van der Waals surface area contributed by atoms with Crippen LogP contribution in [0.15, 0.2) is 24.3 Å². The van der Waals surface area contributed by atoms with E-state index >= 15 is 0 Å². The Morgan fingerprint density at radius 2 is 1.95 bits per heavy atom. The summed E-state index contributed by atoms with van der Waals surface area (Å²) in [5.41, 5.74) is 1.85. The number of hydrogen-bond acceptors (Lipinski definition) is 1. The summed E-state index contributed by atoms with van der Waals surface area (Å²) < 4.78 is 0. The Balaban J connectivity index is 2.11. The highest BCUT2D eigenvalue weighted by molar-refractivity contribution is 6.30. The summed E-state index contributed by atoms with van der Waals surface area (Å²) in [6, 6.07) is 8.97. The molecule has 0 spiro atoms. The third kappa shape index (κ3) is 4.72. The highest BCUT2D eigenvalue weighted by Gasteiger charge is 2.37. The number of nitrogens with one attached hydrogen (secondary N) is 1. The molecule has 1 fully saturated rings. The zero-order chi connectivity index (χ0) is 15.3. The van der Waals surface area contributed by atoms with E-state index in [1.807, 2.05) is 12.1 Å². The second kappa shape index (κ2) is 7.65. The Hall–Kier alpha value is -0.530. The molecule has 0 aromatic heterocycles. The van der Waals surface area contributed by atoms with Crippen molar-refractivity contribution in [3.8, 4) is 0 Å². The highest BCUT2D eigenvalue weighted by atomic mass is 35.5. The predicted octanol–water partition coefficient (Wildman–Crippen LogP) is 5.47. The monoisotopic (exact) mass is 307 g/mol. The zero-order valence-electron chi connectivity index (χ0n) is 13.8. The largest absolute Gasteiger partial charge is 0.313 e. The fraction of sp³-hybridized carbons (Fsp3) is 0.684. The topological polar surface area (TPSA) is 12.0 Å². The van der Waals surface area contributed by atoms with E-state index in [4.69, 9.17) is 11.6 Å². The van der Waals surface area contributed by atoms with Gasteiger partial charge in [0.25, 0.3) is 0 Å². The lowest BCUT2D eigenvalue weighted by Crippen LogP contribution is -2.46. The maximum Gasteiger partial charge on any atom is 0.0406 e. The number of hydrogen-bond donors (Lipinski definition) is 1. The van der Waals surface area contributed by atoms with Gasteiger partial charge in [-0.1, -0.05) is 57.3 Å². The van der Waals surface area contributed by atoms with Crippen molar-refractivity contribution >= 4 is 11.6 Å². The molecule has 1 nitrogen and oxygen atoms in total. The van der Waals surface area contributed by atoms with Crippen LogP contribution in [0.4, 0.5) is 0 Å². The average Bonchev–Trinajstić information content (AvgIpc) is 2.45. The van der Waals surface area contributed by atoms with E-state index in [1.165, 1.54) is 37.7 Å². The molecule has 1 aliphatic rings. The minimum atomic E-state index is 0.454. The molecule has 2 unspecified atom stereocenters. The Morgan fingerprint density at radius 1 is 1.24 bits per heavy atom. The van der Waals surface area contributed by atoms with Gasteiger partial charge in [0.05, 0.1) is 0 Å². The van der Waals surface area contributed by atoms with Gasteiger partial charge in [-0.3, -0.25) is 0 Å². The number of halogens is 1. The number of benzene rings is 1. The van der Waals surface area contributed by atoms with Gasteiger partial charge in [0.15, 0.2) is 0 Å². The third-order valence-electron chi connectivity index (χ3n) is 5.10. The van der Waals surface area contributed by atoms with Gasteiger partial charge in [-0.05, 0) is 61.3 Å². The molecular weight excluding hydrogens is 278 g/mol. The van der Waals surface area contributed by atoms with Crippen LogP contribution in [0, 0.1) is 11.3 Å². The average molecular weight is 308 g/mol. The molecule has 1 aromatic carbocycles. The third-order valence-corrected chi connectivity index (χ3v) is 5.35. The van der Waals surface area contributed by atoms with Gasteiger partial charge in [-0.2, -0.15) is 0 Å². The molecule has 0 radical (unpaired) electrons. The second-order valence-corrected chi connectivity index (χ2v) is 7.67. The zero-order valence-corrected chi connectivity index (χ0v) is 14.5. The van der Waals surface area contributed by atoms with Crippen LogP contribution in [0.1, 0.15) is 58.4 Å². The molecule has 2 heteroatoms. The molecule has 2 atom stereocenters. The van der Waals surface area contributed by atoms with Crippen LogP contribution in [0.25, 0.3) is 0 Å². The minimum Gasteiger partial charge on any atom is -0.313 e.